The van der Waals surface area contributed by atoms with Gasteiger partial charge in [0.1, 0.15) is 11.8 Å². The fourth-order valence-electron chi connectivity index (χ4n) is 4.31. The topological polar surface area (TPSA) is 58.6 Å². The zero-order chi connectivity index (χ0) is 27.5. The van der Waals surface area contributed by atoms with Crippen molar-refractivity contribution in [3.8, 4) is 5.75 Å². The van der Waals surface area contributed by atoms with E-state index in [2.05, 4.69) is 33.0 Å². The van der Waals surface area contributed by atoms with Gasteiger partial charge >= 0.3 is 0 Å². The summed E-state index contributed by atoms with van der Waals surface area (Å²) in [6.07, 6.45) is 2.30. The molecule has 0 saturated carbocycles. The van der Waals surface area contributed by atoms with Crippen molar-refractivity contribution in [2.45, 2.75) is 71.9 Å². The van der Waals surface area contributed by atoms with Crippen LogP contribution in [0.5, 0.6) is 5.75 Å². The van der Waals surface area contributed by atoms with Gasteiger partial charge < -0.3 is 15.0 Å². The van der Waals surface area contributed by atoms with Gasteiger partial charge in [-0.2, -0.15) is 0 Å². The second-order valence-electron chi connectivity index (χ2n) is 10.9. The van der Waals surface area contributed by atoms with Crippen LogP contribution in [0.15, 0.2) is 78.9 Å². The highest BCUT2D eigenvalue weighted by atomic mass is 16.5. The Hall–Kier alpha value is -3.60. The Balaban J connectivity index is 1.87. The lowest BCUT2D eigenvalue weighted by molar-refractivity contribution is -0.142. The molecule has 2 amide bonds. The summed E-state index contributed by atoms with van der Waals surface area (Å²) in [6, 6.07) is 25.0. The molecule has 5 heteroatoms. The van der Waals surface area contributed by atoms with E-state index in [1.54, 1.807) is 4.90 Å². The van der Waals surface area contributed by atoms with Gasteiger partial charge in [-0.15, -0.1) is 0 Å². The molecule has 0 radical (unpaired) electrons. The molecule has 0 aliphatic carbocycles. The molecule has 38 heavy (non-hydrogen) atoms. The largest absolute Gasteiger partial charge is 0.484 e. The Morgan fingerprint density at radius 1 is 0.921 bits per heavy atom. The number of aryl methyl sites for hydroxylation is 1. The molecule has 0 aromatic heterocycles. The van der Waals surface area contributed by atoms with Crippen molar-refractivity contribution in [1.82, 2.24) is 10.2 Å². The Bertz CT molecular complexity index is 1170. The molecule has 0 bridgehead atoms. The average molecular weight is 515 g/mol. The van der Waals surface area contributed by atoms with E-state index in [-0.39, 0.29) is 23.8 Å². The van der Waals surface area contributed by atoms with Crippen molar-refractivity contribution in [2.24, 2.45) is 0 Å². The number of nitrogens with zero attached hydrogens (tertiary/aromatic N) is 1. The van der Waals surface area contributed by atoms with E-state index in [4.69, 9.17) is 4.74 Å². The quantitative estimate of drug-likeness (QED) is 0.292. The monoisotopic (exact) mass is 514 g/mol. The Morgan fingerprint density at radius 3 is 2.21 bits per heavy atom. The van der Waals surface area contributed by atoms with Gasteiger partial charge in [-0.05, 0) is 53.1 Å². The maximum atomic E-state index is 13.7. The number of ether oxygens (including phenoxy) is 1. The maximum Gasteiger partial charge on any atom is 0.261 e. The molecule has 3 aromatic carbocycles. The lowest BCUT2D eigenvalue weighted by Crippen LogP contribution is -2.52. The van der Waals surface area contributed by atoms with Gasteiger partial charge in [0.2, 0.25) is 5.91 Å². The van der Waals surface area contributed by atoms with Crippen LogP contribution in [0.4, 0.5) is 0 Å². The van der Waals surface area contributed by atoms with Gasteiger partial charge in [0, 0.05) is 19.5 Å². The smallest absolute Gasteiger partial charge is 0.261 e. The fraction of sp³-hybridized carbons (Fsp3) is 0.394. The zero-order valence-electron chi connectivity index (χ0n) is 23.5. The third kappa shape index (κ3) is 8.47. The number of rotatable bonds is 12. The van der Waals surface area contributed by atoms with Crippen LogP contribution in [-0.4, -0.2) is 35.9 Å². The molecule has 3 rings (SSSR count). The Morgan fingerprint density at radius 2 is 1.58 bits per heavy atom. The number of hydrogen-bond donors (Lipinski definition) is 1. The number of hydrogen-bond acceptors (Lipinski definition) is 3. The van der Waals surface area contributed by atoms with Gasteiger partial charge in [-0.1, -0.05) is 101 Å². The first-order valence-corrected chi connectivity index (χ1v) is 13.6. The van der Waals surface area contributed by atoms with Crippen LogP contribution in [-0.2, 0) is 28.0 Å². The number of unbranched alkanes of at least 4 members (excludes halogenated alkanes) is 1. The predicted octanol–water partition coefficient (Wildman–Crippen LogP) is 6.23. The summed E-state index contributed by atoms with van der Waals surface area (Å²) in [7, 11) is 0. The molecule has 1 N–H and O–H groups in total. The number of carbonyl (C=O) groups is 2. The minimum atomic E-state index is -0.659. The van der Waals surface area contributed by atoms with E-state index in [0.717, 1.165) is 29.5 Å². The van der Waals surface area contributed by atoms with Crippen LogP contribution < -0.4 is 10.1 Å². The minimum Gasteiger partial charge on any atom is -0.484 e. The van der Waals surface area contributed by atoms with E-state index in [0.29, 0.717) is 25.3 Å². The molecule has 3 aromatic rings. The third-order valence-corrected chi connectivity index (χ3v) is 6.79. The van der Waals surface area contributed by atoms with Crippen LogP contribution in [0.1, 0.15) is 62.8 Å². The third-order valence-electron chi connectivity index (χ3n) is 6.79. The molecule has 0 aliphatic heterocycles. The van der Waals surface area contributed by atoms with Crippen LogP contribution in [0, 0.1) is 6.92 Å². The van der Waals surface area contributed by atoms with Crippen molar-refractivity contribution in [2.75, 3.05) is 13.2 Å². The normalized spacial score (nSPS) is 12.0. The second-order valence-corrected chi connectivity index (χ2v) is 10.9. The molecule has 0 heterocycles. The lowest BCUT2D eigenvalue weighted by atomic mass is 9.87. The van der Waals surface area contributed by atoms with E-state index in [1.165, 1.54) is 5.56 Å². The molecule has 1 unspecified atom stereocenters. The highest BCUT2D eigenvalue weighted by molar-refractivity contribution is 5.88. The van der Waals surface area contributed by atoms with E-state index < -0.39 is 6.04 Å². The molecule has 0 fully saturated rings. The van der Waals surface area contributed by atoms with Gasteiger partial charge in [-0.3, -0.25) is 9.59 Å². The SMILES string of the molecule is CCCCNC(=O)C(Cc1ccccc1)N(Cc1ccccc1C)C(=O)COc1ccc(C(C)(C)C)cc1. The van der Waals surface area contributed by atoms with Gasteiger partial charge in [-0.25, -0.2) is 0 Å². The first-order valence-electron chi connectivity index (χ1n) is 13.6. The summed E-state index contributed by atoms with van der Waals surface area (Å²) >= 11 is 0. The van der Waals surface area contributed by atoms with E-state index in [9.17, 15) is 9.59 Å². The highest BCUT2D eigenvalue weighted by Gasteiger charge is 2.31. The molecular weight excluding hydrogens is 472 g/mol. The number of nitrogens with one attached hydrogen (secondary N) is 1. The first-order chi connectivity index (χ1) is 18.2. The van der Waals surface area contributed by atoms with Gasteiger partial charge in [0.15, 0.2) is 6.61 Å². The molecular formula is C33H42N2O3. The highest BCUT2D eigenvalue weighted by Crippen LogP contribution is 2.24. The van der Waals surface area contributed by atoms with Gasteiger partial charge in [0.25, 0.3) is 5.91 Å². The summed E-state index contributed by atoms with van der Waals surface area (Å²) in [6.45, 7) is 11.4. The summed E-state index contributed by atoms with van der Waals surface area (Å²) in [5.74, 6) is 0.271. The number of amides is 2. The van der Waals surface area contributed by atoms with Gasteiger partial charge in [0.05, 0.1) is 0 Å². The minimum absolute atomic E-state index is 0.0362. The molecule has 1 atom stereocenters. The molecule has 5 nitrogen and oxygen atoms in total. The molecule has 0 saturated heterocycles. The summed E-state index contributed by atoms with van der Waals surface area (Å²) in [5, 5.41) is 3.06. The first kappa shape index (κ1) is 29.0. The summed E-state index contributed by atoms with van der Waals surface area (Å²) in [5.41, 5.74) is 4.33. The average Bonchev–Trinajstić information content (AvgIpc) is 2.90. The lowest BCUT2D eigenvalue weighted by Gasteiger charge is -2.32. The summed E-state index contributed by atoms with van der Waals surface area (Å²) < 4.78 is 5.94. The molecule has 202 valence electrons. The van der Waals surface area contributed by atoms with Crippen LogP contribution in [0.2, 0.25) is 0 Å². The van der Waals surface area contributed by atoms with Crippen LogP contribution in [0.3, 0.4) is 0 Å². The fourth-order valence-corrected chi connectivity index (χ4v) is 4.31. The Kier molecular flexibility index (Phi) is 10.5. The van der Waals surface area contributed by atoms with Crippen molar-refractivity contribution in [3.05, 3.63) is 101 Å². The molecule has 0 spiro atoms. The summed E-state index contributed by atoms with van der Waals surface area (Å²) in [4.78, 5) is 28.9. The van der Waals surface area contributed by atoms with Crippen molar-refractivity contribution >= 4 is 11.8 Å². The van der Waals surface area contributed by atoms with Crippen LogP contribution in [0.25, 0.3) is 0 Å². The number of benzene rings is 3. The van der Waals surface area contributed by atoms with E-state index in [1.807, 2.05) is 85.8 Å². The predicted molar refractivity (Wildman–Crippen MR) is 154 cm³/mol. The van der Waals surface area contributed by atoms with E-state index >= 15 is 0 Å². The van der Waals surface area contributed by atoms with Crippen LogP contribution >= 0.6 is 0 Å². The zero-order valence-corrected chi connectivity index (χ0v) is 23.5. The number of carbonyl (C=O) groups excluding carboxylic acids is 2. The Labute approximate surface area is 228 Å². The van der Waals surface area contributed by atoms with Crippen molar-refractivity contribution in [1.29, 1.82) is 0 Å². The second kappa shape index (κ2) is 13.8. The van der Waals surface area contributed by atoms with Crippen molar-refractivity contribution in [3.63, 3.8) is 0 Å². The van der Waals surface area contributed by atoms with Crippen molar-refractivity contribution < 1.29 is 14.3 Å². The maximum absolute atomic E-state index is 13.7. The molecule has 0 aliphatic rings. The standard InChI is InChI=1S/C33H42N2O3/c1-6-7-21-34-32(37)30(22-26-14-9-8-10-15-26)35(23-27-16-12-11-13-25(27)2)31(36)24-38-29-19-17-28(18-20-29)33(3,4)5/h8-20,30H,6-7,21-24H2,1-5H3,(H,34,37).